The second-order valence-electron chi connectivity index (χ2n) is 6.92. The van der Waals surface area contributed by atoms with Crippen LogP contribution in [0.1, 0.15) is 23.7 Å². The highest BCUT2D eigenvalue weighted by Crippen LogP contribution is 2.22. The molecule has 152 valence electrons. The Morgan fingerprint density at radius 1 is 1.13 bits per heavy atom. The summed E-state index contributed by atoms with van der Waals surface area (Å²) in [4.78, 5) is 16.8. The Labute approximate surface area is 172 Å². The lowest BCUT2D eigenvalue weighted by Gasteiger charge is -2.12. The number of nitrogens with zero attached hydrogens (tertiary/aromatic N) is 4. The fourth-order valence-electron chi connectivity index (χ4n) is 3.14. The molecule has 2 heterocycles. The molecule has 0 radical (unpaired) electrons. The third-order valence-corrected chi connectivity index (χ3v) is 4.55. The summed E-state index contributed by atoms with van der Waals surface area (Å²) < 4.78 is 20.1. The third-order valence-electron chi connectivity index (χ3n) is 4.55. The molecule has 1 amide bonds. The number of carbonyl (C=O) groups is 1. The highest BCUT2D eigenvalue weighted by atomic mass is 19.1. The van der Waals surface area contributed by atoms with Crippen LogP contribution >= 0.6 is 0 Å². The van der Waals surface area contributed by atoms with Gasteiger partial charge in [0, 0.05) is 24.1 Å². The molecule has 0 aliphatic rings. The van der Waals surface area contributed by atoms with Crippen molar-refractivity contribution in [2.75, 3.05) is 5.32 Å². The van der Waals surface area contributed by atoms with Gasteiger partial charge >= 0.3 is 0 Å². The first-order valence-electron chi connectivity index (χ1n) is 9.50. The summed E-state index contributed by atoms with van der Waals surface area (Å²) in [6.07, 6.45) is 0.471. The van der Waals surface area contributed by atoms with Gasteiger partial charge in [0.1, 0.15) is 5.82 Å². The van der Waals surface area contributed by atoms with Gasteiger partial charge in [-0.1, -0.05) is 17.3 Å². The number of hydrogen-bond donors (Lipinski definition) is 1. The molecule has 0 atom stereocenters. The molecular formula is C22H20FN5O2. The van der Waals surface area contributed by atoms with E-state index in [0.29, 0.717) is 29.4 Å². The molecule has 1 N–H and O–H groups in total. The monoisotopic (exact) mass is 405 g/mol. The number of carbonyl (C=O) groups excluding carboxylic acids is 1. The van der Waals surface area contributed by atoms with Crippen LogP contribution in [0.25, 0.3) is 17.1 Å². The number of hydrogen-bond acceptors (Lipinski definition) is 5. The zero-order valence-corrected chi connectivity index (χ0v) is 16.6. The van der Waals surface area contributed by atoms with Crippen LogP contribution in [-0.2, 0) is 11.2 Å². The van der Waals surface area contributed by atoms with Gasteiger partial charge in [-0.05, 0) is 56.3 Å². The van der Waals surface area contributed by atoms with E-state index in [4.69, 9.17) is 4.52 Å². The molecule has 2 aromatic carbocycles. The van der Waals surface area contributed by atoms with Gasteiger partial charge < -0.3 is 9.84 Å². The summed E-state index contributed by atoms with van der Waals surface area (Å²) in [6, 6.07) is 15.3. The maximum Gasteiger partial charge on any atom is 0.227 e. The summed E-state index contributed by atoms with van der Waals surface area (Å²) in [5, 5.41) is 11.3. The van der Waals surface area contributed by atoms with Gasteiger partial charge in [-0.3, -0.25) is 4.79 Å². The van der Waals surface area contributed by atoms with E-state index in [0.717, 1.165) is 17.1 Å². The van der Waals surface area contributed by atoms with Gasteiger partial charge in [0.25, 0.3) is 0 Å². The van der Waals surface area contributed by atoms with Gasteiger partial charge in [-0.2, -0.15) is 10.1 Å². The zero-order chi connectivity index (χ0) is 21.1. The maximum atomic E-state index is 13.0. The minimum Gasteiger partial charge on any atom is -0.339 e. The molecule has 0 saturated heterocycles. The fourth-order valence-corrected chi connectivity index (χ4v) is 3.14. The minimum absolute atomic E-state index is 0.175. The predicted octanol–water partition coefficient (Wildman–Crippen LogP) is 4.25. The Balaban J connectivity index is 1.42. The number of benzene rings is 2. The second-order valence-corrected chi connectivity index (χ2v) is 6.92. The number of anilines is 1. The van der Waals surface area contributed by atoms with E-state index in [-0.39, 0.29) is 18.1 Å². The summed E-state index contributed by atoms with van der Waals surface area (Å²) in [6.45, 7) is 3.89. The SMILES string of the molecule is Cc1cc(C)n(-c2ccccc2NC(=O)CCc2nc(-c3ccc(F)cc3)no2)n1. The number of aryl methyl sites for hydroxylation is 3. The zero-order valence-electron chi connectivity index (χ0n) is 16.6. The smallest absolute Gasteiger partial charge is 0.227 e. The third kappa shape index (κ3) is 4.27. The van der Waals surface area contributed by atoms with Crippen molar-refractivity contribution in [1.29, 1.82) is 0 Å². The Morgan fingerprint density at radius 3 is 2.63 bits per heavy atom. The van der Waals surface area contributed by atoms with E-state index in [1.54, 1.807) is 16.8 Å². The molecule has 7 nitrogen and oxygen atoms in total. The number of rotatable bonds is 6. The van der Waals surface area contributed by atoms with E-state index < -0.39 is 0 Å². The maximum absolute atomic E-state index is 13.0. The summed E-state index contributed by atoms with van der Waals surface area (Å²) in [5.41, 5.74) is 4.00. The van der Waals surface area contributed by atoms with Crippen LogP contribution in [0, 0.1) is 19.7 Å². The van der Waals surface area contributed by atoms with Crippen LogP contribution in [0.3, 0.4) is 0 Å². The average Bonchev–Trinajstić information content (AvgIpc) is 3.33. The average molecular weight is 405 g/mol. The van der Waals surface area contributed by atoms with Crippen molar-refractivity contribution in [3.8, 4) is 17.1 Å². The van der Waals surface area contributed by atoms with Gasteiger partial charge in [0.05, 0.1) is 17.1 Å². The normalized spacial score (nSPS) is 10.9. The van der Waals surface area contributed by atoms with Crippen LogP contribution in [0.4, 0.5) is 10.1 Å². The van der Waals surface area contributed by atoms with Crippen molar-refractivity contribution in [3.63, 3.8) is 0 Å². The van der Waals surface area contributed by atoms with Crippen molar-refractivity contribution < 1.29 is 13.7 Å². The molecule has 0 saturated carbocycles. The molecule has 0 aliphatic carbocycles. The Morgan fingerprint density at radius 2 is 1.90 bits per heavy atom. The van der Waals surface area contributed by atoms with Crippen LogP contribution in [0.15, 0.2) is 59.1 Å². The van der Waals surface area contributed by atoms with Gasteiger partial charge in [-0.15, -0.1) is 0 Å². The van der Waals surface area contributed by atoms with Crippen molar-refractivity contribution in [1.82, 2.24) is 19.9 Å². The quantitative estimate of drug-likeness (QED) is 0.518. The lowest BCUT2D eigenvalue weighted by Crippen LogP contribution is -2.15. The minimum atomic E-state index is -0.333. The van der Waals surface area contributed by atoms with Crippen molar-refractivity contribution in [2.24, 2.45) is 0 Å². The first kappa shape index (κ1) is 19.5. The van der Waals surface area contributed by atoms with Gasteiger partial charge in [0.15, 0.2) is 0 Å². The number of halogens is 1. The Kier molecular flexibility index (Phi) is 5.38. The topological polar surface area (TPSA) is 85.8 Å². The van der Waals surface area contributed by atoms with Crippen LogP contribution in [-0.4, -0.2) is 25.8 Å². The highest BCUT2D eigenvalue weighted by Gasteiger charge is 2.14. The molecule has 4 aromatic rings. The van der Waals surface area contributed by atoms with Gasteiger partial charge in [0.2, 0.25) is 17.6 Å². The van der Waals surface area contributed by atoms with Crippen LogP contribution in [0.5, 0.6) is 0 Å². The molecule has 30 heavy (non-hydrogen) atoms. The molecule has 4 rings (SSSR count). The number of aromatic nitrogens is 4. The number of para-hydroxylation sites is 2. The number of amides is 1. The van der Waals surface area contributed by atoms with Crippen molar-refractivity contribution in [3.05, 3.63) is 77.7 Å². The lowest BCUT2D eigenvalue weighted by molar-refractivity contribution is -0.116. The van der Waals surface area contributed by atoms with Crippen LogP contribution < -0.4 is 5.32 Å². The predicted molar refractivity (Wildman–Crippen MR) is 110 cm³/mol. The molecule has 8 heteroatoms. The molecular weight excluding hydrogens is 385 g/mol. The van der Waals surface area contributed by atoms with E-state index in [1.165, 1.54) is 12.1 Å². The molecule has 2 aromatic heterocycles. The molecule has 0 spiro atoms. The standard InChI is InChI=1S/C22H20FN5O2/c1-14-13-15(2)28(26-14)19-6-4-3-5-18(19)24-20(29)11-12-21-25-22(27-30-21)16-7-9-17(23)10-8-16/h3-10,13H,11-12H2,1-2H3,(H,24,29). The first-order chi connectivity index (χ1) is 14.5. The van der Waals surface area contributed by atoms with Crippen LogP contribution in [0.2, 0.25) is 0 Å². The fraction of sp³-hybridized carbons (Fsp3) is 0.182. The largest absolute Gasteiger partial charge is 0.339 e. The molecule has 0 bridgehead atoms. The van der Waals surface area contributed by atoms with Crippen molar-refractivity contribution >= 4 is 11.6 Å². The summed E-state index contributed by atoms with van der Waals surface area (Å²) >= 11 is 0. The molecule has 0 aliphatic heterocycles. The van der Waals surface area contributed by atoms with E-state index >= 15 is 0 Å². The number of nitrogens with one attached hydrogen (secondary N) is 1. The first-order valence-corrected chi connectivity index (χ1v) is 9.50. The lowest BCUT2D eigenvalue weighted by atomic mass is 10.2. The van der Waals surface area contributed by atoms with E-state index in [2.05, 4.69) is 20.6 Å². The van der Waals surface area contributed by atoms with Crippen molar-refractivity contribution in [2.45, 2.75) is 26.7 Å². The van der Waals surface area contributed by atoms with Gasteiger partial charge in [-0.25, -0.2) is 9.07 Å². The molecule has 0 unspecified atom stereocenters. The van der Waals surface area contributed by atoms with E-state index in [9.17, 15) is 9.18 Å². The Bertz CT molecular complexity index is 1180. The Hall–Kier alpha value is -3.81. The highest BCUT2D eigenvalue weighted by molar-refractivity contribution is 5.92. The summed E-state index contributed by atoms with van der Waals surface area (Å²) in [7, 11) is 0. The second kappa shape index (κ2) is 8.28. The molecule has 0 fully saturated rings. The summed E-state index contributed by atoms with van der Waals surface area (Å²) in [5.74, 6) is 0.196. The van der Waals surface area contributed by atoms with E-state index in [1.807, 2.05) is 44.2 Å².